The number of carbonyl (C=O) groups is 2. The molecule has 7 rings (SSSR count). The Morgan fingerprint density at radius 1 is 1.03 bits per heavy atom. The summed E-state index contributed by atoms with van der Waals surface area (Å²) in [7, 11) is 0. The molecule has 4 aliphatic rings. The highest BCUT2D eigenvalue weighted by molar-refractivity contribution is 8.00. The summed E-state index contributed by atoms with van der Waals surface area (Å²) in [5.74, 6) is 0.252. The quantitative estimate of drug-likeness (QED) is 0.546. The lowest BCUT2D eigenvalue weighted by atomic mass is 9.69. The number of halogens is 1. The second-order valence-corrected chi connectivity index (χ2v) is 11.6. The van der Waals surface area contributed by atoms with Gasteiger partial charge >= 0.3 is 4.87 Å². The van der Waals surface area contributed by atoms with E-state index in [1.807, 2.05) is 12.1 Å². The number of thioether (sulfide) groups is 1. The van der Waals surface area contributed by atoms with Gasteiger partial charge in [0.1, 0.15) is 5.76 Å². The molecule has 0 radical (unpaired) electrons. The molecule has 162 valence electrons. The topological polar surface area (TPSA) is 83.4 Å². The normalized spacial score (nSPS) is 34.7. The number of aromatic amines is 1. The number of furan rings is 1. The Kier molecular flexibility index (Phi) is 3.97. The van der Waals surface area contributed by atoms with Crippen LogP contribution in [0.2, 0.25) is 5.02 Å². The van der Waals surface area contributed by atoms with E-state index < -0.39 is 0 Å². The Labute approximate surface area is 195 Å². The fourth-order valence-corrected chi connectivity index (χ4v) is 9.64. The number of aromatic nitrogens is 1. The molecule has 3 aromatic rings. The molecular formula is C23H17ClN2O4S2. The number of benzene rings is 1. The minimum Gasteiger partial charge on any atom is -0.469 e. The summed E-state index contributed by atoms with van der Waals surface area (Å²) in [5.41, 5.74) is 0.583. The monoisotopic (exact) mass is 484 g/mol. The third-order valence-electron chi connectivity index (χ3n) is 7.66. The van der Waals surface area contributed by atoms with E-state index in [-0.39, 0.29) is 57.4 Å². The first-order valence-electron chi connectivity index (χ1n) is 10.6. The number of thiazole rings is 1. The molecule has 9 heteroatoms. The number of imide groups is 1. The van der Waals surface area contributed by atoms with E-state index in [0.717, 1.165) is 22.1 Å². The van der Waals surface area contributed by atoms with Crippen molar-refractivity contribution < 1.29 is 14.0 Å². The van der Waals surface area contributed by atoms with E-state index in [4.69, 9.17) is 16.0 Å². The van der Waals surface area contributed by atoms with E-state index in [2.05, 4.69) is 4.98 Å². The predicted octanol–water partition coefficient (Wildman–Crippen LogP) is 4.36. The standard InChI is InChI=1S/C23H17ClN2O4S2/c24-9-3-5-10(6-4-9)26-21(27)15-11-8-12(16(15)22(26)28)18-14(11)17(13-2-1-7-30-13)19-20(31-18)25-23(29)32-19/h1-7,11-12,14-18H,8H2,(H,25,29)/t11-,12+,14+,15-,16+,17-,18-/m1/s1. The molecule has 1 saturated heterocycles. The number of hydrogen-bond donors (Lipinski definition) is 1. The van der Waals surface area contributed by atoms with Crippen molar-refractivity contribution in [1.82, 2.24) is 4.98 Å². The molecule has 2 aliphatic carbocycles. The molecule has 2 amide bonds. The Morgan fingerprint density at radius 3 is 2.50 bits per heavy atom. The van der Waals surface area contributed by atoms with Gasteiger partial charge in [0.15, 0.2) is 0 Å². The highest BCUT2D eigenvalue weighted by atomic mass is 35.5. The van der Waals surface area contributed by atoms with Gasteiger partial charge in [-0.25, -0.2) is 0 Å². The van der Waals surface area contributed by atoms with E-state index in [1.165, 1.54) is 16.2 Å². The van der Waals surface area contributed by atoms with Crippen LogP contribution in [0.5, 0.6) is 0 Å². The summed E-state index contributed by atoms with van der Waals surface area (Å²) < 4.78 is 5.82. The third kappa shape index (κ3) is 2.40. The van der Waals surface area contributed by atoms with Crippen LogP contribution in [-0.4, -0.2) is 22.0 Å². The first-order chi connectivity index (χ1) is 15.5. The number of H-pyrrole nitrogens is 1. The average Bonchev–Trinajstić information content (AvgIpc) is 3.57. The molecule has 2 bridgehead atoms. The second kappa shape index (κ2) is 6.62. The molecule has 6 nitrogen and oxygen atoms in total. The molecule has 0 spiro atoms. The van der Waals surface area contributed by atoms with Gasteiger partial charge in [0.25, 0.3) is 0 Å². The molecule has 0 unspecified atom stereocenters. The zero-order valence-electron chi connectivity index (χ0n) is 16.6. The van der Waals surface area contributed by atoms with Crippen molar-refractivity contribution in [3.63, 3.8) is 0 Å². The van der Waals surface area contributed by atoms with Crippen LogP contribution in [0.25, 0.3) is 0 Å². The second-order valence-electron chi connectivity index (χ2n) is 8.96. The maximum Gasteiger partial charge on any atom is 0.305 e. The summed E-state index contributed by atoms with van der Waals surface area (Å²) in [6, 6.07) is 10.7. The summed E-state index contributed by atoms with van der Waals surface area (Å²) in [4.78, 5) is 44.5. The Bertz CT molecular complexity index is 1310. The molecule has 1 aromatic carbocycles. The minimum atomic E-state index is -0.320. The van der Waals surface area contributed by atoms with Crippen LogP contribution in [0.4, 0.5) is 5.69 Å². The summed E-state index contributed by atoms with van der Waals surface area (Å²) in [5, 5.41) is 1.62. The molecule has 32 heavy (non-hydrogen) atoms. The van der Waals surface area contributed by atoms with Gasteiger partial charge in [-0.05, 0) is 60.6 Å². The van der Waals surface area contributed by atoms with Gasteiger partial charge in [0.2, 0.25) is 11.8 Å². The summed E-state index contributed by atoms with van der Waals surface area (Å²) >= 11 is 8.92. The van der Waals surface area contributed by atoms with Crippen LogP contribution in [0.15, 0.2) is 56.9 Å². The Morgan fingerprint density at radius 2 is 1.78 bits per heavy atom. The maximum absolute atomic E-state index is 13.6. The number of nitrogens with one attached hydrogen (secondary N) is 1. The zero-order chi connectivity index (χ0) is 21.7. The third-order valence-corrected chi connectivity index (χ3v) is 10.5. The van der Waals surface area contributed by atoms with Gasteiger partial charge in [-0.3, -0.25) is 19.3 Å². The number of rotatable bonds is 2. The van der Waals surface area contributed by atoms with Crippen molar-refractivity contribution >= 4 is 52.2 Å². The summed E-state index contributed by atoms with van der Waals surface area (Å²) in [6.07, 6.45) is 2.52. The average molecular weight is 485 g/mol. The lowest BCUT2D eigenvalue weighted by Gasteiger charge is -2.42. The fourth-order valence-electron chi connectivity index (χ4n) is 6.65. The van der Waals surface area contributed by atoms with Gasteiger partial charge in [0, 0.05) is 10.3 Å². The van der Waals surface area contributed by atoms with Gasteiger partial charge in [-0.2, -0.15) is 0 Å². The van der Waals surface area contributed by atoms with Gasteiger partial charge in [0.05, 0.1) is 39.6 Å². The summed E-state index contributed by atoms with van der Waals surface area (Å²) in [6.45, 7) is 0. The molecule has 4 heterocycles. The van der Waals surface area contributed by atoms with Crippen LogP contribution in [0.1, 0.15) is 23.0 Å². The first kappa shape index (κ1) is 19.2. The van der Waals surface area contributed by atoms with E-state index >= 15 is 0 Å². The molecule has 3 fully saturated rings. The van der Waals surface area contributed by atoms with Crippen molar-refractivity contribution in [2.75, 3.05) is 4.90 Å². The van der Waals surface area contributed by atoms with Crippen LogP contribution in [-0.2, 0) is 9.59 Å². The highest BCUT2D eigenvalue weighted by Crippen LogP contribution is 2.68. The van der Waals surface area contributed by atoms with Crippen LogP contribution >= 0.6 is 34.7 Å². The van der Waals surface area contributed by atoms with Crippen LogP contribution in [0, 0.1) is 29.6 Å². The first-order valence-corrected chi connectivity index (χ1v) is 12.7. The number of hydrogen-bond acceptors (Lipinski definition) is 6. The number of nitrogens with zero attached hydrogens (tertiary/aromatic N) is 1. The minimum absolute atomic E-state index is 0.0707. The van der Waals surface area contributed by atoms with E-state index in [9.17, 15) is 14.4 Å². The number of amides is 2. The van der Waals surface area contributed by atoms with Crippen molar-refractivity contribution in [3.8, 4) is 0 Å². The molecule has 2 aliphatic heterocycles. The van der Waals surface area contributed by atoms with Crippen molar-refractivity contribution in [2.24, 2.45) is 29.6 Å². The molecule has 7 atom stereocenters. The zero-order valence-corrected chi connectivity index (χ0v) is 19.0. The lowest BCUT2D eigenvalue weighted by molar-refractivity contribution is -0.123. The smallest absolute Gasteiger partial charge is 0.305 e. The molecule has 2 aromatic heterocycles. The number of carbonyl (C=O) groups excluding carboxylic acids is 2. The van der Waals surface area contributed by atoms with Gasteiger partial charge < -0.3 is 9.40 Å². The molecular weight excluding hydrogens is 468 g/mol. The largest absolute Gasteiger partial charge is 0.469 e. The van der Waals surface area contributed by atoms with Gasteiger partial charge in [-0.15, -0.1) is 11.8 Å². The Balaban J connectivity index is 1.32. The van der Waals surface area contributed by atoms with Crippen LogP contribution in [0.3, 0.4) is 0 Å². The predicted molar refractivity (Wildman–Crippen MR) is 121 cm³/mol. The molecule has 1 N–H and O–H groups in total. The number of fused-ring (bicyclic) bond motifs is 9. The van der Waals surface area contributed by atoms with E-state index in [1.54, 1.807) is 42.3 Å². The van der Waals surface area contributed by atoms with Crippen LogP contribution < -0.4 is 9.77 Å². The highest BCUT2D eigenvalue weighted by Gasteiger charge is 2.70. The van der Waals surface area contributed by atoms with Crippen molar-refractivity contribution in [1.29, 1.82) is 0 Å². The molecule has 2 saturated carbocycles. The lowest BCUT2D eigenvalue weighted by Crippen LogP contribution is -2.42. The van der Waals surface area contributed by atoms with Crippen molar-refractivity contribution in [3.05, 3.63) is 68.0 Å². The van der Waals surface area contributed by atoms with E-state index in [0.29, 0.717) is 10.7 Å². The number of anilines is 1. The van der Waals surface area contributed by atoms with Crippen molar-refractivity contribution in [2.45, 2.75) is 22.6 Å². The van der Waals surface area contributed by atoms with Gasteiger partial charge in [-0.1, -0.05) is 22.9 Å². The SMILES string of the molecule is O=C1[C@@H]2[C@@H]3C[C@H]([C@H]4Sc5[nH]c(=O)sc5[C@H](c5ccco5)[C@H]34)[C@@H]2C(=O)N1c1ccc(Cl)cc1. The fraction of sp³-hybridized carbons (Fsp3) is 0.348. The maximum atomic E-state index is 13.6. The Hall–Kier alpha value is -2.29.